The van der Waals surface area contributed by atoms with Crippen LogP contribution in [0.15, 0.2) is 24.4 Å². The van der Waals surface area contributed by atoms with E-state index >= 15 is 0 Å². The summed E-state index contributed by atoms with van der Waals surface area (Å²) in [6, 6.07) is 3.79. The number of aromatic nitrogens is 1. The fourth-order valence-corrected chi connectivity index (χ4v) is 2.10. The van der Waals surface area contributed by atoms with E-state index in [-0.39, 0.29) is 0 Å². The Hall–Kier alpha value is -0.970. The third-order valence-electron chi connectivity index (χ3n) is 2.46. The second-order valence-electron chi connectivity index (χ2n) is 3.51. The second-order valence-corrected chi connectivity index (χ2v) is 4.30. The van der Waals surface area contributed by atoms with Crippen molar-refractivity contribution in [2.45, 2.75) is 12.6 Å². The van der Waals surface area contributed by atoms with Crippen molar-refractivity contribution < 1.29 is 13.2 Å². The zero-order chi connectivity index (χ0) is 11.8. The minimum absolute atomic E-state index is 0.533. The SMILES string of the molecule is FC(F)(F)c1ccc2c(CCBr)c[nH]c2c1. The first kappa shape index (κ1) is 11.5. The van der Waals surface area contributed by atoms with Crippen LogP contribution in [-0.2, 0) is 12.6 Å². The Morgan fingerprint density at radius 3 is 2.62 bits per heavy atom. The van der Waals surface area contributed by atoms with Gasteiger partial charge in [-0.15, -0.1) is 0 Å². The number of aromatic amines is 1. The van der Waals surface area contributed by atoms with Crippen LogP contribution in [0.25, 0.3) is 10.9 Å². The first-order valence-electron chi connectivity index (χ1n) is 4.75. The first-order chi connectivity index (χ1) is 7.52. The Morgan fingerprint density at radius 1 is 1.25 bits per heavy atom. The normalized spacial score (nSPS) is 12.2. The molecule has 0 aliphatic heterocycles. The van der Waals surface area contributed by atoms with Crippen molar-refractivity contribution >= 4 is 26.8 Å². The van der Waals surface area contributed by atoms with Crippen molar-refractivity contribution in [3.05, 3.63) is 35.5 Å². The van der Waals surface area contributed by atoms with E-state index in [2.05, 4.69) is 20.9 Å². The predicted molar refractivity (Wildman–Crippen MR) is 60.8 cm³/mol. The molecular formula is C11H9BrF3N. The summed E-state index contributed by atoms with van der Waals surface area (Å²) < 4.78 is 37.3. The van der Waals surface area contributed by atoms with Crippen LogP contribution in [0.5, 0.6) is 0 Å². The zero-order valence-corrected chi connectivity index (χ0v) is 9.82. The summed E-state index contributed by atoms with van der Waals surface area (Å²) in [5.74, 6) is 0. The number of H-pyrrole nitrogens is 1. The third-order valence-corrected chi connectivity index (χ3v) is 2.86. The van der Waals surface area contributed by atoms with Crippen molar-refractivity contribution in [3.63, 3.8) is 0 Å². The number of alkyl halides is 4. The van der Waals surface area contributed by atoms with Gasteiger partial charge in [0.1, 0.15) is 0 Å². The molecule has 0 fully saturated rings. The van der Waals surface area contributed by atoms with Gasteiger partial charge in [0.05, 0.1) is 5.56 Å². The maximum absolute atomic E-state index is 12.4. The van der Waals surface area contributed by atoms with Gasteiger partial charge in [-0.1, -0.05) is 22.0 Å². The zero-order valence-electron chi connectivity index (χ0n) is 8.24. The van der Waals surface area contributed by atoms with E-state index in [1.54, 1.807) is 6.20 Å². The van der Waals surface area contributed by atoms with Gasteiger partial charge >= 0.3 is 6.18 Å². The Balaban J connectivity index is 2.49. The lowest BCUT2D eigenvalue weighted by atomic mass is 10.1. The summed E-state index contributed by atoms with van der Waals surface area (Å²) in [5, 5.41) is 1.65. The molecule has 1 aromatic heterocycles. The van der Waals surface area contributed by atoms with E-state index < -0.39 is 11.7 Å². The molecule has 0 aliphatic carbocycles. The number of hydrogen-bond donors (Lipinski definition) is 1. The van der Waals surface area contributed by atoms with E-state index in [4.69, 9.17) is 0 Å². The highest BCUT2D eigenvalue weighted by Crippen LogP contribution is 2.32. The van der Waals surface area contributed by atoms with Crippen molar-refractivity contribution in [1.29, 1.82) is 0 Å². The molecule has 1 aromatic carbocycles. The molecule has 0 unspecified atom stereocenters. The molecule has 0 saturated carbocycles. The van der Waals surface area contributed by atoms with E-state index in [1.807, 2.05) is 0 Å². The third kappa shape index (κ3) is 2.09. The Labute approximate surface area is 98.8 Å². The number of nitrogens with one attached hydrogen (secondary N) is 1. The van der Waals surface area contributed by atoms with Gasteiger partial charge in [-0.3, -0.25) is 0 Å². The number of benzene rings is 1. The van der Waals surface area contributed by atoms with Crippen LogP contribution in [0.4, 0.5) is 13.2 Å². The molecule has 16 heavy (non-hydrogen) atoms. The van der Waals surface area contributed by atoms with E-state index in [0.717, 1.165) is 34.8 Å². The highest BCUT2D eigenvalue weighted by atomic mass is 79.9. The highest BCUT2D eigenvalue weighted by molar-refractivity contribution is 9.09. The van der Waals surface area contributed by atoms with E-state index in [9.17, 15) is 13.2 Å². The summed E-state index contributed by atoms with van der Waals surface area (Å²) in [5.41, 5.74) is 0.943. The predicted octanol–water partition coefficient (Wildman–Crippen LogP) is 4.12. The molecule has 0 aliphatic rings. The molecule has 0 saturated heterocycles. The molecular weight excluding hydrogens is 283 g/mol. The lowest BCUT2D eigenvalue weighted by molar-refractivity contribution is -0.137. The molecule has 0 bridgehead atoms. The second kappa shape index (κ2) is 4.13. The maximum Gasteiger partial charge on any atom is 0.416 e. The molecule has 2 aromatic rings. The topological polar surface area (TPSA) is 15.8 Å². The summed E-state index contributed by atoms with van der Waals surface area (Å²) in [4.78, 5) is 2.86. The highest BCUT2D eigenvalue weighted by Gasteiger charge is 2.30. The van der Waals surface area contributed by atoms with Gasteiger partial charge in [0, 0.05) is 22.4 Å². The molecule has 0 atom stereocenters. The summed E-state index contributed by atoms with van der Waals surface area (Å²) in [6.07, 6.45) is -1.73. The smallest absolute Gasteiger partial charge is 0.361 e. The van der Waals surface area contributed by atoms with Crippen LogP contribution < -0.4 is 0 Å². The van der Waals surface area contributed by atoms with Crippen molar-refractivity contribution in [2.75, 3.05) is 5.33 Å². The molecule has 1 N–H and O–H groups in total. The van der Waals surface area contributed by atoms with Gasteiger partial charge in [0.15, 0.2) is 0 Å². The molecule has 1 heterocycles. The molecule has 0 radical (unpaired) electrons. The number of rotatable bonds is 2. The van der Waals surface area contributed by atoms with Crippen LogP contribution in [-0.4, -0.2) is 10.3 Å². The number of aryl methyl sites for hydroxylation is 1. The first-order valence-corrected chi connectivity index (χ1v) is 5.87. The van der Waals surface area contributed by atoms with Crippen molar-refractivity contribution in [3.8, 4) is 0 Å². The minimum Gasteiger partial charge on any atom is -0.361 e. The lowest BCUT2D eigenvalue weighted by Gasteiger charge is -2.06. The lowest BCUT2D eigenvalue weighted by Crippen LogP contribution is -2.04. The number of fused-ring (bicyclic) bond motifs is 1. The van der Waals surface area contributed by atoms with Gasteiger partial charge < -0.3 is 4.98 Å². The average molecular weight is 292 g/mol. The molecule has 86 valence electrons. The molecule has 0 spiro atoms. The van der Waals surface area contributed by atoms with Crippen LogP contribution >= 0.6 is 15.9 Å². The molecule has 0 amide bonds. The number of halogens is 4. The van der Waals surface area contributed by atoms with Crippen LogP contribution in [0, 0.1) is 0 Å². The van der Waals surface area contributed by atoms with Crippen LogP contribution in [0.2, 0.25) is 0 Å². The Morgan fingerprint density at radius 2 is 2.00 bits per heavy atom. The van der Waals surface area contributed by atoms with E-state index in [0.29, 0.717) is 5.52 Å². The van der Waals surface area contributed by atoms with Crippen molar-refractivity contribution in [1.82, 2.24) is 4.98 Å². The monoisotopic (exact) mass is 291 g/mol. The fourth-order valence-electron chi connectivity index (χ4n) is 1.67. The van der Waals surface area contributed by atoms with Gasteiger partial charge in [0.25, 0.3) is 0 Å². The summed E-state index contributed by atoms with van der Waals surface area (Å²) >= 11 is 3.31. The standard InChI is InChI=1S/C11H9BrF3N/c12-4-3-7-6-16-10-5-8(11(13,14)15)1-2-9(7)10/h1-2,5-6,16H,3-4H2. The quantitative estimate of drug-likeness (QED) is 0.801. The van der Waals surface area contributed by atoms with Gasteiger partial charge in [0.2, 0.25) is 0 Å². The Kier molecular flexibility index (Phi) is 2.97. The fraction of sp³-hybridized carbons (Fsp3) is 0.273. The maximum atomic E-state index is 12.4. The number of hydrogen-bond acceptors (Lipinski definition) is 0. The molecule has 1 nitrogen and oxygen atoms in total. The van der Waals surface area contributed by atoms with Gasteiger partial charge in [-0.25, -0.2) is 0 Å². The average Bonchev–Trinajstić information content (AvgIpc) is 2.60. The van der Waals surface area contributed by atoms with E-state index in [1.165, 1.54) is 6.07 Å². The summed E-state index contributed by atoms with van der Waals surface area (Å²) in [7, 11) is 0. The molecule has 2 rings (SSSR count). The molecule has 5 heteroatoms. The van der Waals surface area contributed by atoms with Crippen LogP contribution in [0.3, 0.4) is 0 Å². The van der Waals surface area contributed by atoms with Crippen molar-refractivity contribution in [2.24, 2.45) is 0 Å². The Bertz CT molecular complexity index is 501. The van der Waals surface area contributed by atoms with Gasteiger partial charge in [-0.05, 0) is 24.1 Å². The van der Waals surface area contributed by atoms with Gasteiger partial charge in [-0.2, -0.15) is 13.2 Å². The van der Waals surface area contributed by atoms with Crippen LogP contribution in [0.1, 0.15) is 11.1 Å². The summed E-state index contributed by atoms with van der Waals surface area (Å²) in [6.45, 7) is 0. The largest absolute Gasteiger partial charge is 0.416 e. The minimum atomic E-state index is -4.28.